The van der Waals surface area contributed by atoms with Gasteiger partial charge < -0.3 is 0 Å². The van der Waals surface area contributed by atoms with E-state index in [1.165, 1.54) is 44.6 Å². The summed E-state index contributed by atoms with van der Waals surface area (Å²) < 4.78 is 0. The van der Waals surface area contributed by atoms with E-state index >= 15 is 0 Å². The molecule has 21 heavy (non-hydrogen) atoms. The molecule has 0 aliphatic heterocycles. The Labute approximate surface area is 133 Å². The van der Waals surface area contributed by atoms with Crippen LogP contribution in [0.3, 0.4) is 0 Å². The van der Waals surface area contributed by atoms with Gasteiger partial charge in [-0.3, -0.25) is 0 Å². The SMILES string of the molecule is CCCCCCCC[Si](C1C=CCC=C1)C1C=CCC=C1. The zero-order valence-electron chi connectivity index (χ0n) is 13.6. The van der Waals surface area contributed by atoms with Crippen molar-refractivity contribution in [3.8, 4) is 0 Å². The maximum atomic E-state index is 2.49. The quantitative estimate of drug-likeness (QED) is 0.255. The van der Waals surface area contributed by atoms with E-state index in [4.69, 9.17) is 0 Å². The monoisotopic (exact) mass is 299 g/mol. The third kappa shape index (κ3) is 5.82. The van der Waals surface area contributed by atoms with Crippen molar-refractivity contribution in [2.75, 3.05) is 0 Å². The molecule has 0 aromatic rings. The van der Waals surface area contributed by atoms with Gasteiger partial charge in [0.25, 0.3) is 0 Å². The topological polar surface area (TPSA) is 0 Å². The fraction of sp³-hybridized carbons (Fsp3) is 0.600. The Bertz CT molecular complexity index is 335. The molecule has 2 rings (SSSR count). The first kappa shape index (κ1) is 16.5. The fourth-order valence-corrected chi connectivity index (χ4v) is 6.65. The first-order valence-electron chi connectivity index (χ1n) is 8.94. The van der Waals surface area contributed by atoms with Gasteiger partial charge in [0.1, 0.15) is 0 Å². The van der Waals surface area contributed by atoms with Crippen molar-refractivity contribution in [1.29, 1.82) is 0 Å². The van der Waals surface area contributed by atoms with Gasteiger partial charge in [-0.1, -0.05) is 100 Å². The number of allylic oxidation sites excluding steroid dienone is 8. The standard InChI is InChI=1S/C20H31Si/c1-2-3-4-5-6-13-18-21(19-14-9-7-10-15-19)20-16-11-8-12-17-20/h9-12,14-17,19-20H,2-8,13,18H2,1H3. The van der Waals surface area contributed by atoms with E-state index in [-0.39, 0.29) is 8.80 Å². The smallest absolute Gasteiger partial charge is 0.0725 e. The zero-order valence-corrected chi connectivity index (χ0v) is 14.6. The number of unbranched alkanes of at least 4 members (excludes halogenated alkanes) is 5. The average molecular weight is 300 g/mol. The minimum absolute atomic E-state index is 0.386. The van der Waals surface area contributed by atoms with Gasteiger partial charge >= 0.3 is 0 Å². The van der Waals surface area contributed by atoms with Crippen LogP contribution in [0.4, 0.5) is 0 Å². The summed E-state index contributed by atoms with van der Waals surface area (Å²) in [6, 6.07) is 1.47. The van der Waals surface area contributed by atoms with Gasteiger partial charge in [0.15, 0.2) is 0 Å². The van der Waals surface area contributed by atoms with Gasteiger partial charge in [-0.05, 0) is 23.9 Å². The Morgan fingerprint density at radius 2 is 1.19 bits per heavy atom. The Morgan fingerprint density at radius 3 is 1.71 bits per heavy atom. The lowest BCUT2D eigenvalue weighted by Crippen LogP contribution is -2.24. The summed E-state index contributed by atoms with van der Waals surface area (Å²) in [6.07, 6.45) is 30.2. The maximum absolute atomic E-state index is 2.49. The van der Waals surface area contributed by atoms with Crippen LogP contribution < -0.4 is 0 Å². The van der Waals surface area contributed by atoms with Crippen LogP contribution >= 0.6 is 0 Å². The molecule has 0 atom stereocenters. The molecule has 0 amide bonds. The summed E-state index contributed by atoms with van der Waals surface area (Å²) in [5.41, 5.74) is 1.49. The number of hydrogen-bond donors (Lipinski definition) is 0. The molecule has 0 unspecified atom stereocenters. The van der Waals surface area contributed by atoms with Gasteiger partial charge in [-0.15, -0.1) is 0 Å². The van der Waals surface area contributed by atoms with Crippen LogP contribution in [0.1, 0.15) is 58.3 Å². The molecule has 0 heterocycles. The third-order valence-corrected chi connectivity index (χ3v) is 8.01. The molecule has 2 aliphatic carbocycles. The predicted molar refractivity (Wildman–Crippen MR) is 97.2 cm³/mol. The van der Waals surface area contributed by atoms with Crippen molar-refractivity contribution >= 4 is 8.80 Å². The second kappa shape index (κ2) is 10.00. The molecule has 0 bridgehead atoms. The summed E-state index contributed by atoms with van der Waals surface area (Å²) in [6.45, 7) is 2.30. The fourth-order valence-electron chi connectivity index (χ4n) is 3.35. The summed E-state index contributed by atoms with van der Waals surface area (Å²) in [5.74, 6) is 0. The third-order valence-electron chi connectivity index (χ3n) is 4.59. The number of rotatable bonds is 9. The van der Waals surface area contributed by atoms with Crippen molar-refractivity contribution in [2.45, 2.75) is 75.4 Å². The molecule has 2 aliphatic rings. The lowest BCUT2D eigenvalue weighted by Gasteiger charge is -2.28. The van der Waals surface area contributed by atoms with Crippen molar-refractivity contribution in [2.24, 2.45) is 0 Å². The molecule has 115 valence electrons. The van der Waals surface area contributed by atoms with Crippen molar-refractivity contribution < 1.29 is 0 Å². The van der Waals surface area contributed by atoms with Crippen LogP contribution in [0.5, 0.6) is 0 Å². The first-order valence-corrected chi connectivity index (χ1v) is 10.8. The van der Waals surface area contributed by atoms with Crippen LogP contribution in [-0.2, 0) is 0 Å². The Kier molecular flexibility index (Phi) is 7.88. The molecule has 0 N–H and O–H groups in total. The van der Waals surface area contributed by atoms with E-state index in [1.807, 2.05) is 0 Å². The largest absolute Gasteiger partial charge is 0.0845 e. The van der Waals surface area contributed by atoms with Gasteiger partial charge in [0.05, 0.1) is 8.80 Å². The second-order valence-corrected chi connectivity index (χ2v) is 9.31. The normalized spacial score (nSPS) is 19.0. The molecule has 0 aromatic heterocycles. The Hall–Kier alpha value is -0.823. The molecular weight excluding hydrogens is 268 g/mol. The van der Waals surface area contributed by atoms with Gasteiger partial charge in [0, 0.05) is 0 Å². The summed E-state index contributed by atoms with van der Waals surface area (Å²) in [5, 5.41) is 0. The highest BCUT2D eigenvalue weighted by molar-refractivity contribution is 6.64. The summed E-state index contributed by atoms with van der Waals surface area (Å²) in [4.78, 5) is 0. The lowest BCUT2D eigenvalue weighted by molar-refractivity contribution is 0.622. The highest BCUT2D eigenvalue weighted by Gasteiger charge is 2.26. The molecule has 1 radical (unpaired) electrons. The molecule has 1 heteroatoms. The van der Waals surface area contributed by atoms with Crippen molar-refractivity contribution in [3.05, 3.63) is 48.6 Å². The van der Waals surface area contributed by atoms with Crippen molar-refractivity contribution in [3.63, 3.8) is 0 Å². The van der Waals surface area contributed by atoms with Crippen LogP contribution in [-0.4, -0.2) is 8.80 Å². The minimum atomic E-state index is -0.386. The zero-order chi connectivity index (χ0) is 14.8. The molecular formula is C20H31Si. The van der Waals surface area contributed by atoms with E-state index in [2.05, 4.69) is 55.5 Å². The van der Waals surface area contributed by atoms with E-state index in [9.17, 15) is 0 Å². The summed E-state index contributed by atoms with van der Waals surface area (Å²) in [7, 11) is -0.386. The Morgan fingerprint density at radius 1 is 0.714 bits per heavy atom. The van der Waals surface area contributed by atoms with Crippen molar-refractivity contribution in [1.82, 2.24) is 0 Å². The first-order chi connectivity index (χ1) is 10.4. The van der Waals surface area contributed by atoms with E-state index in [0.717, 1.165) is 23.9 Å². The molecule has 0 spiro atoms. The van der Waals surface area contributed by atoms with E-state index in [0.29, 0.717) is 0 Å². The molecule has 0 aromatic carbocycles. The average Bonchev–Trinajstić information content (AvgIpc) is 2.56. The molecule has 0 nitrogen and oxygen atoms in total. The second-order valence-electron chi connectivity index (χ2n) is 6.33. The van der Waals surface area contributed by atoms with Gasteiger partial charge in [-0.25, -0.2) is 0 Å². The van der Waals surface area contributed by atoms with Gasteiger partial charge in [-0.2, -0.15) is 0 Å². The van der Waals surface area contributed by atoms with E-state index < -0.39 is 0 Å². The van der Waals surface area contributed by atoms with E-state index in [1.54, 1.807) is 0 Å². The summed E-state index contributed by atoms with van der Waals surface area (Å²) >= 11 is 0. The Balaban J connectivity index is 1.83. The maximum Gasteiger partial charge on any atom is 0.0725 e. The predicted octanol–water partition coefficient (Wildman–Crippen LogP) is 6.61. The lowest BCUT2D eigenvalue weighted by atomic mass is 10.1. The van der Waals surface area contributed by atoms with Gasteiger partial charge in [0.2, 0.25) is 0 Å². The highest BCUT2D eigenvalue weighted by Crippen LogP contribution is 2.34. The molecule has 0 saturated carbocycles. The van der Waals surface area contributed by atoms with Crippen LogP contribution in [0.25, 0.3) is 0 Å². The molecule has 0 saturated heterocycles. The van der Waals surface area contributed by atoms with Crippen LogP contribution in [0.15, 0.2) is 48.6 Å². The number of hydrogen-bond acceptors (Lipinski definition) is 0. The highest BCUT2D eigenvalue weighted by atomic mass is 28.3. The minimum Gasteiger partial charge on any atom is -0.0845 e. The molecule has 0 fully saturated rings. The van der Waals surface area contributed by atoms with Crippen LogP contribution in [0.2, 0.25) is 17.1 Å². The van der Waals surface area contributed by atoms with Crippen LogP contribution in [0, 0.1) is 0 Å².